The molecular weight excluding hydrogens is 234 g/mol. The number of hydrogen-bond donors (Lipinski definition) is 1. The van der Waals surface area contributed by atoms with Gasteiger partial charge >= 0.3 is 0 Å². The summed E-state index contributed by atoms with van der Waals surface area (Å²) in [7, 11) is 0. The number of hydrogen-bond acceptors (Lipinski definition) is 2. The minimum absolute atomic E-state index is 0.0606. The van der Waals surface area contributed by atoms with Crippen LogP contribution in [0.3, 0.4) is 0 Å². The third-order valence-corrected chi connectivity index (χ3v) is 3.45. The molecule has 0 heterocycles. The summed E-state index contributed by atoms with van der Waals surface area (Å²) in [5, 5.41) is 0.696. The molecule has 2 N–H and O–H groups in total. The minimum Gasteiger partial charge on any atom is -0.330 e. The quantitative estimate of drug-likeness (QED) is 0.784. The molecule has 0 aliphatic carbocycles. The van der Waals surface area contributed by atoms with Crippen LogP contribution in [0.2, 0.25) is 5.02 Å². The first-order valence-electron chi connectivity index (χ1n) is 6.16. The number of carbonyl (C=O) groups excluding carboxylic acids is 1. The van der Waals surface area contributed by atoms with Crippen LogP contribution in [0, 0.1) is 0 Å². The molecule has 0 radical (unpaired) electrons. The van der Waals surface area contributed by atoms with Crippen LogP contribution in [0.1, 0.15) is 54.9 Å². The van der Waals surface area contributed by atoms with Crippen molar-refractivity contribution in [3.63, 3.8) is 0 Å². The Labute approximate surface area is 108 Å². The molecule has 1 aromatic rings. The molecule has 0 spiro atoms. The fourth-order valence-corrected chi connectivity index (χ4v) is 2.37. The van der Waals surface area contributed by atoms with Gasteiger partial charge in [-0.2, -0.15) is 0 Å². The summed E-state index contributed by atoms with van der Waals surface area (Å²) in [6, 6.07) is 5.61. The Morgan fingerprint density at radius 1 is 1.35 bits per heavy atom. The molecule has 0 fully saturated rings. The van der Waals surface area contributed by atoms with E-state index in [9.17, 15) is 4.79 Å². The molecule has 94 valence electrons. The van der Waals surface area contributed by atoms with E-state index in [0.717, 1.165) is 18.4 Å². The van der Waals surface area contributed by atoms with Crippen molar-refractivity contribution in [2.45, 2.75) is 39.0 Å². The fraction of sp³-hybridized carbons (Fsp3) is 0.500. The smallest absolute Gasteiger partial charge is 0.164 e. The average Bonchev–Trinajstić information content (AvgIpc) is 2.32. The minimum atomic E-state index is 0.0606. The Morgan fingerprint density at radius 2 is 2.00 bits per heavy atom. The van der Waals surface area contributed by atoms with Crippen molar-refractivity contribution in [3.8, 4) is 0 Å². The van der Waals surface area contributed by atoms with E-state index in [1.54, 1.807) is 6.07 Å². The maximum atomic E-state index is 11.7. The van der Waals surface area contributed by atoms with Crippen LogP contribution in [0.4, 0.5) is 0 Å². The fourth-order valence-electron chi connectivity index (χ4n) is 2.04. The van der Waals surface area contributed by atoms with E-state index >= 15 is 0 Å². The van der Waals surface area contributed by atoms with Gasteiger partial charge in [-0.3, -0.25) is 4.79 Å². The number of ketones is 1. The molecule has 2 nitrogen and oxygen atoms in total. The van der Waals surface area contributed by atoms with Crippen LogP contribution in [-0.4, -0.2) is 12.3 Å². The molecule has 0 aliphatic heterocycles. The zero-order chi connectivity index (χ0) is 12.8. The maximum Gasteiger partial charge on any atom is 0.164 e. The molecule has 0 atom stereocenters. The summed E-state index contributed by atoms with van der Waals surface area (Å²) < 4.78 is 0. The Bertz CT molecular complexity index is 386. The predicted octanol–water partition coefficient (Wildman–Crippen LogP) is 3.78. The van der Waals surface area contributed by atoms with Gasteiger partial charge in [0.05, 0.1) is 0 Å². The lowest BCUT2D eigenvalue weighted by Crippen LogP contribution is -2.08. The topological polar surface area (TPSA) is 43.1 Å². The summed E-state index contributed by atoms with van der Waals surface area (Å²) in [6.07, 6.45) is 2.50. The van der Waals surface area contributed by atoms with E-state index in [1.807, 2.05) is 12.1 Å². The van der Waals surface area contributed by atoms with E-state index < -0.39 is 0 Å². The normalized spacial score (nSPS) is 10.9. The zero-order valence-corrected chi connectivity index (χ0v) is 11.3. The second-order valence-corrected chi connectivity index (χ2v) is 4.62. The lowest BCUT2D eigenvalue weighted by atomic mass is 9.92. The highest BCUT2D eigenvalue weighted by molar-refractivity contribution is 6.31. The summed E-state index contributed by atoms with van der Waals surface area (Å²) >= 11 is 6.24. The lowest BCUT2D eigenvalue weighted by Gasteiger charge is -2.15. The van der Waals surface area contributed by atoms with E-state index in [-0.39, 0.29) is 5.78 Å². The van der Waals surface area contributed by atoms with E-state index in [4.69, 9.17) is 17.3 Å². The van der Waals surface area contributed by atoms with Gasteiger partial charge in [0, 0.05) is 17.0 Å². The van der Waals surface area contributed by atoms with Crippen LogP contribution < -0.4 is 5.73 Å². The summed E-state index contributed by atoms with van der Waals surface area (Å²) in [5.41, 5.74) is 7.17. The molecule has 0 bridgehead atoms. The summed E-state index contributed by atoms with van der Waals surface area (Å²) in [5.74, 6) is 0.534. The lowest BCUT2D eigenvalue weighted by molar-refractivity contribution is 0.0985. The Morgan fingerprint density at radius 3 is 2.47 bits per heavy atom. The molecule has 0 amide bonds. The first kappa shape index (κ1) is 14.2. The van der Waals surface area contributed by atoms with Gasteiger partial charge < -0.3 is 5.73 Å². The third kappa shape index (κ3) is 3.55. The van der Waals surface area contributed by atoms with Gasteiger partial charge in [-0.25, -0.2) is 0 Å². The maximum absolute atomic E-state index is 11.7. The number of carbonyl (C=O) groups is 1. The predicted molar refractivity (Wildman–Crippen MR) is 72.8 cm³/mol. The van der Waals surface area contributed by atoms with Gasteiger partial charge in [0.15, 0.2) is 5.78 Å². The van der Waals surface area contributed by atoms with Gasteiger partial charge in [0.2, 0.25) is 0 Å². The van der Waals surface area contributed by atoms with Crippen LogP contribution in [-0.2, 0) is 0 Å². The molecule has 0 saturated carbocycles. The number of benzene rings is 1. The van der Waals surface area contributed by atoms with Crippen molar-refractivity contribution in [2.75, 3.05) is 6.54 Å². The molecule has 3 heteroatoms. The standard InChI is InChI=1S/C14H20ClNO/c1-3-10(4-2)12-6-5-11(9-13(12)15)14(17)7-8-16/h5-6,9-10H,3-4,7-8,16H2,1-2H3. The van der Waals surface area contributed by atoms with Crippen molar-refractivity contribution < 1.29 is 4.79 Å². The van der Waals surface area contributed by atoms with Crippen molar-refractivity contribution in [1.29, 1.82) is 0 Å². The largest absolute Gasteiger partial charge is 0.330 e. The van der Waals surface area contributed by atoms with Crippen LogP contribution >= 0.6 is 11.6 Å². The highest BCUT2D eigenvalue weighted by atomic mass is 35.5. The van der Waals surface area contributed by atoms with Gasteiger partial charge in [0.25, 0.3) is 0 Å². The molecule has 0 saturated heterocycles. The van der Waals surface area contributed by atoms with E-state index in [1.165, 1.54) is 0 Å². The zero-order valence-electron chi connectivity index (χ0n) is 10.5. The highest BCUT2D eigenvalue weighted by Crippen LogP contribution is 2.30. The number of rotatable bonds is 6. The number of halogens is 1. The second kappa shape index (κ2) is 6.77. The first-order valence-corrected chi connectivity index (χ1v) is 6.54. The molecule has 17 heavy (non-hydrogen) atoms. The second-order valence-electron chi connectivity index (χ2n) is 4.21. The molecule has 1 rings (SSSR count). The monoisotopic (exact) mass is 253 g/mol. The first-order chi connectivity index (χ1) is 8.13. The molecule has 0 aliphatic rings. The van der Waals surface area contributed by atoms with Gasteiger partial charge in [-0.1, -0.05) is 37.6 Å². The van der Waals surface area contributed by atoms with Crippen LogP contribution in [0.15, 0.2) is 18.2 Å². The van der Waals surface area contributed by atoms with E-state index in [2.05, 4.69) is 13.8 Å². The van der Waals surface area contributed by atoms with Crippen molar-refractivity contribution >= 4 is 17.4 Å². The Balaban J connectivity index is 2.97. The SMILES string of the molecule is CCC(CC)c1ccc(C(=O)CCN)cc1Cl. The molecule has 0 aromatic heterocycles. The van der Waals surface area contributed by atoms with E-state index in [0.29, 0.717) is 29.5 Å². The molecular formula is C14H20ClNO. The summed E-state index contributed by atoms with van der Waals surface area (Å²) in [4.78, 5) is 11.7. The van der Waals surface area contributed by atoms with Crippen molar-refractivity contribution in [3.05, 3.63) is 34.3 Å². The molecule has 0 unspecified atom stereocenters. The summed E-state index contributed by atoms with van der Waals surface area (Å²) in [6.45, 7) is 4.68. The number of Topliss-reactive ketones (excluding diaryl/α,β-unsaturated/α-hetero) is 1. The Hall–Kier alpha value is -0.860. The average molecular weight is 254 g/mol. The molecule has 1 aromatic carbocycles. The van der Waals surface area contributed by atoms with Crippen molar-refractivity contribution in [2.24, 2.45) is 5.73 Å². The third-order valence-electron chi connectivity index (χ3n) is 3.12. The Kier molecular flexibility index (Phi) is 5.66. The van der Waals surface area contributed by atoms with Crippen LogP contribution in [0.25, 0.3) is 0 Å². The van der Waals surface area contributed by atoms with Gasteiger partial charge in [-0.15, -0.1) is 0 Å². The van der Waals surface area contributed by atoms with Crippen LogP contribution in [0.5, 0.6) is 0 Å². The van der Waals surface area contributed by atoms with Crippen molar-refractivity contribution in [1.82, 2.24) is 0 Å². The highest BCUT2D eigenvalue weighted by Gasteiger charge is 2.13. The van der Waals surface area contributed by atoms with Gasteiger partial charge in [-0.05, 0) is 36.9 Å². The van der Waals surface area contributed by atoms with Gasteiger partial charge in [0.1, 0.15) is 0 Å². The number of nitrogens with two attached hydrogens (primary N) is 1.